The number of fused-ring (bicyclic) bond motifs is 1. The molecule has 0 heterocycles. The summed E-state index contributed by atoms with van der Waals surface area (Å²) in [5, 5.41) is 3.32. The third kappa shape index (κ3) is 2.50. The summed E-state index contributed by atoms with van der Waals surface area (Å²) < 4.78 is 18.5. The lowest BCUT2D eigenvalue weighted by atomic mass is 9.91. The Bertz CT molecular complexity index is 487. The second-order valence-electron chi connectivity index (χ2n) is 5.23. The summed E-state index contributed by atoms with van der Waals surface area (Å²) in [6.45, 7) is 6.11. The number of ether oxygens (including phenoxy) is 1. The SMILES string of the molecule is CCOC(=O)C1(NC(C)C)CCc2cc(F)ccc21. The first-order chi connectivity index (χ1) is 8.99. The number of hydrogen-bond donors (Lipinski definition) is 1. The smallest absolute Gasteiger partial charge is 0.331 e. The van der Waals surface area contributed by atoms with E-state index in [1.165, 1.54) is 12.1 Å². The first-order valence-electron chi connectivity index (χ1n) is 6.73. The Labute approximate surface area is 113 Å². The molecular formula is C15H20FNO2. The van der Waals surface area contributed by atoms with Gasteiger partial charge in [-0.2, -0.15) is 0 Å². The Morgan fingerprint density at radius 1 is 1.53 bits per heavy atom. The molecule has 0 saturated carbocycles. The molecule has 1 atom stereocenters. The molecule has 0 amide bonds. The van der Waals surface area contributed by atoms with E-state index in [1.807, 2.05) is 13.8 Å². The van der Waals surface area contributed by atoms with E-state index in [1.54, 1.807) is 13.0 Å². The maximum atomic E-state index is 13.3. The molecule has 1 aromatic rings. The van der Waals surface area contributed by atoms with E-state index in [4.69, 9.17) is 4.74 Å². The molecule has 4 heteroatoms. The number of carbonyl (C=O) groups is 1. The van der Waals surface area contributed by atoms with E-state index in [0.29, 0.717) is 19.4 Å². The molecule has 0 bridgehead atoms. The third-order valence-corrected chi connectivity index (χ3v) is 3.46. The fourth-order valence-corrected chi connectivity index (χ4v) is 2.81. The lowest BCUT2D eigenvalue weighted by Gasteiger charge is -2.31. The van der Waals surface area contributed by atoms with Crippen molar-refractivity contribution in [1.82, 2.24) is 5.32 Å². The minimum absolute atomic E-state index is 0.139. The minimum Gasteiger partial charge on any atom is -0.464 e. The van der Waals surface area contributed by atoms with Crippen LogP contribution in [0.5, 0.6) is 0 Å². The lowest BCUT2D eigenvalue weighted by Crippen LogP contribution is -2.51. The Hall–Kier alpha value is -1.42. The molecule has 0 radical (unpaired) electrons. The Morgan fingerprint density at radius 2 is 2.26 bits per heavy atom. The predicted octanol–water partition coefficient (Wildman–Crippen LogP) is 2.53. The van der Waals surface area contributed by atoms with Crippen LogP contribution in [0.3, 0.4) is 0 Å². The summed E-state index contributed by atoms with van der Waals surface area (Å²) in [5.41, 5.74) is 0.912. The topological polar surface area (TPSA) is 38.3 Å². The fourth-order valence-electron chi connectivity index (χ4n) is 2.81. The van der Waals surface area contributed by atoms with Crippen molar-refractivity contribution in [3.05, 3.63) is 35.1 Å². The van der Waals surface area contributed by atoms with Crippen molar-refractivity contribution in [1.29, 1.82) is 0 Å². The summed E-state index contributed by atoms with van der Waals surface area (Å²) in [5.74, 6) is -0.531. The zero-order chi connectivity index (χ0) is 14.0. The van der Waals surface area contributed by atoms with E-state index in [2.05, 4.69) is 5.32 Å². The van der Waals surface area contributed by atoms with Gasteiger partial charge in [0.05, 0.1) is 6.61 Å². The number of nitrogens with one attached hydrogen (secondary N) is 1. The number of aryl methyl sites for hydroxylation is 1. The highest BCUT2D eigenvalue weighted by Crippen LogP contribution is 2.38. The van der Waals surface area contributed by atoms with Gasteiger partial charge in [0.15, 0.2) is 0 Å². The van der Waals surface area contributed by atoms with Crippen LogP contribution >= 0.6 is 0 Å². The number of benzene rings is 1. The van der Waals surface area contributed by atoms with Crippen molar-refractivity contribution in [3.8, 4) is 0 Å². The van der Waals surface area contributed by atoms with E-state index < -0.39 is 5.54 Å². The zero-order valence-electron chi connectivity index (χ0n) is 11.6. The van der Waals surface area contributed by atoms with E-state index in [-0.39, 0.29) is 17.8 Å². The van der Waals surface area contributed by atoms with Gasteiger partial charge in [0, 0.05) is 6.04 Å². The largest absolute Gasteiger partial charge is 0.464 e. The molecule has 1 aliphatic rings. The standard InChI is InChI=1S/C15H20FNO2/c1-4-19-14(18)15(17-10(2)3)8-7-11-9-12(16)5-6-13(11)15/h5-6,9-10,17H,4,7-8H2,1-3H3. The van der Waals surface area contributed by atoms with Gasteiger partial charge in [-0.05, 0) is 56.9 Å². The second kappa shape index (κ2) is 5.29. The molecule has 1 unspecified atom stereocenters. The summed E-state index contributed by atoms with van der Waals surface area (Å²) in [4.78, 5) is 12.4. The van der Waals surface area contributed by atoms with Gasteiger partial charge >= 0.3 is 5.97 Å². The van der Waals surface area contributed by atoms with Crippen molar-refractivity contribution < 1.29 is 13.9 Å². The quantitative estimate of drug-likeness (QED) is 0.850. The Morgan fingerprint density at radius 3 is 2.89 bits per heavy atom. The summed E-state index contributed by atoms with van der Waals surface area (Å²) in [6.07, 6.45) is 1.30. The van der Waals surface area contributed by atoms with Crippen LogP contribution in [0.1, 0.15) is 38.3 Å². The second-order valence-corrected chi connectivity index (χ2v) is 5.23. The molecule has 2 rings (SSSR count). The van der Waals surface area contributed by atoms with Crippen LogP contribution in [0.25, 0.3) is 0 Å². The van der Waals surface area contributed by atoms with Crippen LogP contribution in [0.4, 0.5) is 4.39 Å². The predicted molar refractivity (Wildman–Crippen MR) is 71.3 cm³/mol. The summed E-state index contributed by atoms with van der Waals surface area (Å²) in [7, 11) is 0. The number of halogens is 1. The van der Waals surface area contributed by atoms with Gasteiger partial charge in [0.25, 0.3) is 0 Å². The van der Waals surface area contributed by atoms with E-state index in [0.717, 1.165) is 11.1 Å². The molecular weight excluding hydrogens is 245 g/mol. The number of hydrogen-bond acceptors (Lipinski definition) is 3. The molecule has 0 spiro atoms. The Balaban J connectivity index is 2.45. The molecule has 19 heavy (non-hydrogen) atoms. The van der Waals surface area contributed by atoms with Crippen LogP contribution in [0, 0.1) is 5.82 Å². The highest BCUT2D eigenvalue weighted by atomic mass is 19.1. The normalized spacial score (nSPS) is 21.5. The average molecular weight is 265 g/mol. The van der Waals surface area contributed by atoms with Crippen molar-refractivity contribution in [3.63, 3.8) is 0 Å². The van der Waals surface area contributed by atoms with Crippen LogP contribution in [-0.4, -0.2) is 18.6 Å². The van der Waals surface area contributed by atoms with Gasteiger partial charge in [-0.25, -0.2) is 9.18 Å². The maximum absolute atomic E-state index is 13.3. The highest BCUT2D eigenvalue weighted by molar-refractivity contribution is 5.84. The van der Waals surface area contributed by atoms with Crippen LogP contribution in [0.2, 0.25) is 0 Å². The van der Waals surface area contributed by atoms with Crippen LogP contribution in [0.15, 0.2) is 18.2 Å². The van der Waals surface area contributed by atoms with Crippen molar-refractivity contribution in [2.45, 2.75) is 45.2 Å². The van der Waals surface area contributed by atoms with Crippen LogP contribution < -0.4 is 5.32 Å². The van der Waals surface area contributed by atoms with Crippen molar-refractivity contribution in [2.75, 3.05) is 6.61 Å². The van der Waals surface area contributed by atoms with Gasteiger partial charge in [-0.15, -0.1) is 0 Å². The lowest BCUT2D eigenvalue weighted by molar-refractivity contribution is -0.152. The van der Waals surface area contributed by atoms with Crippen molar-refractivity contribution in [2.24, 2.45) is 0 Å². The fraction of sp³-hybridized carbons (Fsp3) is 0.533. The van der Waals surface area contributed by atoms with Gasteiger partial charge in [0.1, 0.15) is 11.4 Å². The molecule has 0 fully saturated rings. The average Bonchev–Trinajstić information content (AvgIpc) is 2.68. The van der Waals surface area contributed by atoms with E-state index >= 15 is 0 Å². The first kappa shape index (κ1) is 14.0. The molecule has 1 N–H and O–H groups in total. The molecule has 0 aromatic heterocycles. The maximum Gasteiger partial charge on any atom is 0.331 e. The minimum atomic E-state index is -0.826. The summed E-state index contributed by atoms with van der Waals surface area (Å²) in [6, 6.07) is 4.75. The van der Waals surface area contributed by atoms with Gasteiger partial charge in [0.2, 0.25) is 0 Å². The van der Waals surface area contributed by atoms with Crippen molar-refractivity contribution >= 4 is 5.97 Å². The summed E-state index contributed by atoms with van der Waals surface area (Å²) >= 11 is 0. The third-order valence-electron chi connectivity index (χ3n) is 3.46. The molecule has 1 aliphatic carbocycles. The van der Waals surface area contributed by atoms with Gasteiger partial charge in [-0.1, -0.05) is 6.07 Å². The molecule has 104 valence electrons. The molecule has 0 aliphatic heterocycles. The van der Waals surface area contributed by atoms with Crippen LogP contribution in [-0.2, 0) is 21.5 Å². The molecule has 3 nitrogen and oxygen atoms in total. The number of rotatable bonds is 4. The first-order valence-corrected chi connectivity index (χ1v) is 6.73. The zero-order valence-corrected chi connectivity index (χ0v) is 11.6. The van der Waals surface area contributed by atoms with E-state index in [9.17, 15) is 9.18 Å². The number of esters is 1. The molecule has 1 aromatic carbocycles. The highest BCUT2D eigenvalue weighted by Gasteiger charge is 2.46. The number of carbonyl (C=O) groups excluding carboxylic acids is 1. The Kier molecular flexibility index (Phi) is 3.90. The monoisotopic (exact) mass is 265 g/mol. The molecule has 0 saturated heterocycles. The van der Waals surface area contributed by atoms with Gasteiger partial charge < -0.3 is 4.74 Å². The van der Waals surface area contributed by atoms with Gasteiger partial charge in [-0.3, -0.25) is 5.32 Å².